The molecule has 0 radical (unpaired) electrons. The Morgan fingerprint density at radius 1 is 1.43 bits per heavy atom. The number of benzene rings is 1. The molecule has 0 saturated heterocycles. The molecule has 6 nitrogen and oxygen atoms in total. The highest BCUT2D eigenvalue weighted by molar-refractivity contribution is 7.71. The first-order valence-electron chi connectivity index (χ1n) is 6.59. The Hall–Kier alpha value is -1.99. The Balaban J connectivity index is 2.17. The largest absolute Gasteiger partial charge is 0.383 e. The number of H-pyrrole nitrogens is 1. The van der Waals surface area contributed by atoms with E-state index in [-0.39, 0.29) is 12.5 Å². The number of hydrogen-bond donors (Lipinski definition) is 2. The molecule has 0 fully saturated rings. The monoisotopic (exact) mass is 306 g/mol. The van der Waals surface area contributed by atoms with Gasteiger partial charge in [-0.3, -0.25) is 14.5 Å². The average Bonchev–Trinajstić information content (AvgIpc) is 2.82. The van der Waals surface area contributed by atoms with E-state index in [0.29, 0.717) is 23.7 Å². The summed E-state index contributed by atoms with van der Waals surface area (Å²) in [4.78, 5) is 11.9. The van der Waals surface area contributed by atoms with Crippen molar-refractivity contribution in [1.29, 1.82) is 0 Å². The maximum absolute atomic E-state index is 11.9. The van der Waals surface area contributed by atoms with Gasteiger partial charge in [-0.15, -0.1) is 0 Å². The molecule has 0 aliphatic rings. The van der Waals surface area contributed by atoms with E-state index in [1.165, 1.54) is 0 Å². The molecule has 1 aromatic carbocycles. The molecule has 0 bridgehead atoms. The van der Waals surface area contributed by atoms with E-state index in [1.54, 1.807) is 11.7 Å². The quantitative estimate of drug-likeness (QED) is 0.629. The van der Waals surface area contributed by atoms with Crippen molar-refractivity contribution in [2.75, 3.05) is 20.3 Å². The lowest BCUT2D eigenvalue weighted by Crippen LogP contribution is -2.30. The summed E-state index contributed by atoms with van der Waals surface area (Å²) in [5.41, 5.74) is 2.08. The zero-order valence-corrected chi connectivity index (χ0v) is 12.9. The maximum atomic E-state index is 11.9. The molecule has 7 heteroatoms. The van der Waals surface area contributed by atoms with E-state index in [1.807, 2.05) is 31.2 Å². The van der Waals surface area contributed by atoms with Crippen molar-refractivity contribution in [3.05, 3.63) is 34.6 Å². The number of ether oxygens (including phenoxy) is 1. The highest BCUT2D eigenvalue weighted by Crippen LogP contribution is 2.17. The molecular formula is C14H18N4O2S. The highest BCUT2D eigenvalue weighted by Gasteiger charge is 2.11. The van der Waals surface area contributed by atoms with Crippen LogP contribution in [0.5, 0.6) is 0 Å². The first-order valence-corrected chi connectivity index (χ1v) is 7.00. The number of nitrogens with one attached hydrogen (secondary N) is 2. The minimum absolute atomic E-state index is 0.127. The molecule has 112 valence electrons. The lowest BCUT2D eigenvalue weighted by Gasteiger charge is -2.08. The van der Waals surface area contributed by atoms with Gasteiger partial charge in [0.25, 0.3) is 0 Å². The molecule has 2 aromatic rings. The molecule has 0 atom stereocenters. The Labute approximate surface area is 128 Å². The van der Waals surface area contributed by atoms with Gasteiger partial charge in [0.1, 0.15) is 6.54 Å². The van der Waals surface area contributed by atoms with Crippen LogP contribution in [0.15, 0.2) is 24.3 Å². The minimum Gasteiger partial charge on any atom is -0.383 e. The number of aryl methyl sites for hydroxylation is 1. The van der Waals surface area contributed by atoms with Crippen LogP contribution in [0.4, 0.5) is 0 Å². The molecule has 2 rings (SSSR count). The van der Waals surface area contributed by atoms with Crippen LogP contribution in [0.3, 0.4) is 0 Å². The van der Waals surface area contributed by atoms with Crippen LogP contribution in [0.1, 0.15) is 5.56 Å². The molecule has 0 unspecified atom stereocenters. The summed E-state index contributed by atoms with van der Waals surface area (Å²) in [6.07, 6.45) is 0. The zero-order chi connectivity index (χ0) is 15.2. The first-order chi connectivity index (χ1) is 10.1. The van der Waals surface area contributed by atoms with Gasteiger partial charge in [-0.25, -0.2) is 0 Å². The van der Waals surface area contributed by atoms with Crippen LogP contribution in [0, 0.1) is 11.7 Å². The van der Waals surface area contributed by atoms with E-state index in [9.17, 15) is 4.79 Å². The summed E-state index contributed by atoms with van der Waals surface area (Å²) < 4.78 is 7.00. The van der Waals surface area contributed by atoms with Crippen molar-refractivity contribution in [3.63, 3.8) is 0 Å². The smallest absolute Gasteiger partial charge is 0.240 e. The van der Waals surface area contributed by atoms with E-state index in [4.69, 9.17) is 17.0 Å². The van der Waals surface area contributed by atoms with Gasteiger partial charge < -0.3 is 10.1 Å². The van der Waals surface area contributed by atoms with Crippen molar-refractivity contribution < 1.29 is 9.53 Å². The molecular weight excluding hydrogens is 288 g/mol. The predicted molar refractivity (Wildman–Crippen MR) is 82.5 cm³/mol. The van der Waals surface area contributed by atoms with Crippen molar-refractivity contribution in [1.82, 2.24) is 20.1 Å². The van der Waals surface area contributed by atoms with E-state index >= 15 is 0 Å². The van der Waals surface area contributed by atoms with E-state index in [0.717, 1.165) is 11.1 Å². The zero-order valence-electron chi connectivity index (χ0n) is 12.0. The summed E-state index contributed by atoms with van der Waals surface area (Å²) in [7, 11) is 1.59. The van der Waals surface area contributed by atoms with E-state index < -0.39 is 0 Å². The van der Waals surface area contributed by atoms with Crippen LogP contribution >= 0.6 is 12.2 Å². The summed E-state index contributed by atoms with van der Waals surface area (Å²) in [6, 6.07) is 7.91. The first kappa shape index (κ1) is 15.4. The fraction of sp³-hybridized carbons (Fsp3) is 0.357. The maximum Gasteiger partial charge on any atom is 0.240 e. The average molecular weight is 306 g/mol. The van der Waals surface area contributed by atoms with Crippen molar-refractivity contribution in [2.45, 2.75) is 13.5 Å². The number of amides is 1. The van der Waals surface area contributed by atoms with Gasteiger partial charge in [0.2, 0.25) is 5.91 Å². The molecule has 2 N–H and O–H groups in total. The topological polar surface area (TPSA) is 71.9 Å². The number of rotatable bonds is 6. The second-order valence-electron chi connectivity index (χ2n) is 4.65. The lowest BCUT2D eigenvalue weighted by molar-refractivity contribution is -0.121. The van der Waals surface area contributed by atoms with Crippen LogP contribution < -0.4 is 5.32 Å². The Kier molecular flexibility index (Phi) is 5.24. The van der Waals surface area contributed by atoms with Gasteiger partial charge in [0.15, 0.2) is 10.6 Å². The van der Waals surface area contributed by atoms with Crippen LogP contribution in [0.2, 0.25) is 0 Å². The molecule has 1 heterocycles. The number of hydrogen-bond acceptors (Lipinski definition) is 4. The van der Waals surface area contributed by atoms with Crippen molar-refractivity contribution in [3.8, 4) is 11.4 Å². The molecule has 0 aliphatic heterocycles. The van der Waals surface area contributed by atoms with Gasteiger partial charge >= 0.3 is 0 Å². The number of aromatic amines is 1. The second kappa shape index (κ2) is 7.14. The Bertz CT molecular complexity index is 660. The predicted octanol–water partition coefficient (Wildman–Crippen LogP) is 1.68. The Morgan fingerprint density at radius 2 is 2.14 bits per heavy atom. The number of aromatic nitrogens is 3. The van der Waals surface area contributed by atoms with Crippen molar-refractivity contribution in [2.24, 2.45) is 0 Å². The molecule has 21 heavy (non-hydrogen) atoms. The van der Waals surface area contributed by atoms with Gasteiger partial charge in [-0.05, 0) is 19.1 Å². The summed E-state index contributed by atoms with van der Waals surface area (Å²) in [5.74, 6) is 0.528. The summed E-state index contributed by atoms with van der Waals surface area (Å²) >= 11 is 5.19. The summed E-state index contributed by atoms with van der Waals surface area (Å²) in [5, 5.41) is 9.70. The highest BCUT2D eigenvalue weighted by atomic mass is 32.1. The van der Waals surface area contributed by atoms with Gasteiger partial charge in [0.05, 0.1) is 6.61 Å². The molecule has 0 spiro atoms. The third kappa shape index (κ3) is 3.99. The standard InChI is InChI=1S/C14H18N4O2S/c1-10-3-5-11(6-4-10)13-16-17-14(21)18(13)9-12(19)15-7-8-20-2/h3-6H,7-9H2,1-2H3,(H,15,19)(H,17,21). The second-order valence-corrected chi connectivity index (χ2v) is 5.03. The van der Waals surface area contributed by atoms with Crippen molar-refractivity contribution >= 4 is 18.1 Å². The third-order valence-electron chi connectivity index (χ3n) is 3.00. The van der Waals surface area contributed by atoms with Crippen LogP contribution in [-0.2, 0) is 16.1 Å². The fourth-order valence-corrected chi connectivity index (χ4v) is 2.08. The third-order valence-corrected chi connectivity index (χ3v) is 3.31. The van der Waals surface area contributed by atoms with Crippen LogP contribution in [0.25, 0.3) is 11.4 Å². The fourth-order valence-electron chi connectivity index (χ4n) is 1.88. The Morgan fingerprint density at radius 3 is 2.81 bits per heavy atom. The number of methoxy groups -OCH3 is 1. The van der Waals surface area contributed by atoms with Crippen LogP contribution in [-0.4, -0.2) is 40.9 Å². The molecule has 1 aromatic heterocycles. The minimum atomic E-state index is -0.127. The van der Waals surface area contributed by atoms with Gasteiger partial charge in [0, 0.05) is 19.2 Å². The van der Waals surface area contributed by atoms with Gasteiger partial charge in [-0.1, -0.05) is 29.8 Å². The summed E-state index contributed by atoms with van der Waals surface area (Å²) in [6.45, 7) is 3.10. The molecule has 0 saturated carbocycles. The molecule has 0 aliphatic carbocycles. The lowest BCUT2D eigenvalue weighted by atomic mass is 10.1. The SMILES string of the molecule is COCCNC(=O)Cn1c(-c2ccc(C)cc2)n[nH]c1=S. The number of carbonyl (C=O) groups is 1. The molecule has 1 amide bonds. The van der Waals surface area contributed by atoms with Gasteiger partial charge in [-0.2, -0.15) is 5.10 Å². The normalized spacial score (nSPS) is 10.6. The van der Waals surface area contributed by atoms with E-state index in [2.05, 4.69) is 15.5 Å². The number of carbonyl (C=O) groups excluding carboxylic acids is 1. The number of nitrogens with zero attached hydrogens (tertiary/aromatic N) is 2.